The van der Waals surface area contributed by atoms with E-state index in [2.05, 4.69) is 10.0 Å². The minimum absolute atomic E-state index is 0.190. The van der Waals surface area contributed by atoms with Crippen LogP contribution < -0.4 is 10.0 Å². The van der Waals surface area contributed by atoms with Crippen molar-refractivity contribution >= 4 is 33.2 Å². The summed E-state index contributed by atoms with van der Waals surface area (Å²) in [6.45, 7) is 5.58. The first-order valence-corrected chi connectivity index (χ1v) is 7.85. The Morgan fingerprint density at radius 1 is 1.26 bits per heavy atom. The summed E-state index contributed by atoms with van der Waals surface area (Å²) in [7, 11) is -3.37. The SMILES string of the molecule is CC(C)(C)NC(=O)c1ccc(NS(C)(=O)=O)cc1Cl. The Bertz CT molecular complexity index is 591. The molecule has 0 unspecified atom stereocenters. The van der Waals surface area contributed by atoms with Gasteiger partial charge < -0.3 is 5.32 Å². The van der Waals surface area contributed by atoms with Gasteiger partial charge in [0.05, 0.1) is 16.8 Å². The first-order chi connectivity index (χ1) is 8.48. The number of rotatable bonds is 3. The summed E-state index contributed by atoms with van der Waals surface area (Å²) in [6.07, 6.45) is 1.04. The van der Waals surface area contributed by atoms with Gasteiger partial charge in [-0.1, -0.05) is 11.6 Å². The molecule has 0 bridgehead atoms. The van der Waals surface area contributed by atoms with Crippen molar-refractivity contribution in [1.82, 2.24) is 5.32 Å². The van der Waals surface area contributed by atoms with E-state index < -0.39 is 10.0 Å². The third kappa shape index (κ3) is 5.48. The van der Waals surface area contributed by atoms with Crippen molar-refractivity contribution in [3.8, 4) is 0 Å². The smallest absolute Gasteiger partial charge is 0.253 e. The summed E-state index contributed by atoms with van der Waals surface area (Å²) in [4.78, 5) is 11.9. The molecule has 1 rings (SSSR count). The maximum Gasteiger partial charge on any atom is 0.253 e. The van der Waals surface area contributed by atoms with Crippen LogP contribution in [0.4, 0.5) is 5.69 Å². The Labute approximate surface area is 118 Å². The number of hydrogen-bond acceptors (Lipinski definition) is 3. The highest BCUT2D eigenvalue weighted by Gasteiger charge is 2.17. The van der Waals surface area contributed by atoms with Gasteiger partial charge in [0.25, 0.3) is 5.91 Å². The summed E-state index contributed by atoms with van der Waals surface area (Å²) in [5, 5.41) is 2.97. The van der Waals surface area contributed by atoms with Gasteiger partial charge in [-0.15, -0.1) is 0 Å². The summed E-state index contributed by atoms with van der Waals surface area (Å²) < 4.78 is 24.5. The van der Waals surface area contributed by atoms with Gasteiger partial charge in [0, 0.05) is 11.2 Å². The largest absolute Gasteiger partial charge is 0.347 e. The van der Waals surface area contributed by atoms with Gasteiger partial charge in [0.2, 0.25) is 10.0 Å². The fourth-order valence-electron chi connectivity index (χ4n) is 1.38. The van der Waals surface area contributed by atoms with E-state index >= 15 is 0 Å². The van der Waals surface area contributed by atoms with E-state index in [0.717, 1.165) is 6.26 Å². The fraction of sp³-hybridized carbons (Fsp3) is 0.417. The zero-order valence-corrected chi connectivity index (χ0v) is 12.8. The zero-order chi connectivity index (χ0) is 14.8. The lowest BCUT2D eigenvalue weighted by Gasteiger charge is -2.21. The normalized spacial score (nSPS) is 12.1. The Hall–Kier alpha value is -1.27. The Balaban J connectivity index is 2.98. The highest BCUT2D eigenvalue weighted by atomic mass is 35.5. The molecule has 1 aromatic rings. The molecule has 0 saturated carbocycles. The molecule has 106 valence electrons. The standard InChI is InChI=1S/C12H17ClN2O3S/c1-12(2,3)14-11(16)9-6-5-8(7-10(9)13)15-19(4,17)18/h5-7,15H,1-4H3,(H,14,16). The van der Waals surface area contributed by atoms with Crippen LogP contribution in [0.25, 0.3) is 0 Å². The van der Waals surface area contributed by atoms with Crippen molar-refractivity contribution in [3.63, 3.8) is 0 Å². The first-order valence-electron chi connectivity index (χ1n) is 5.58. The van der Waals surface area contributed by atoms with Crippen LogP contribution in [0, 0.1) is 0 Å². The highest BCUT2D eigenvalue weighted by Crippen LogP contribution is 2.22. The van der Waals surface area contributed by atoms with Crippen LogP contribution in [0.15, 0.2) is 18.2 Å². The molecule has 0 fully saturated rings. The summed E-state index contributed by atoms with van der Waals surface area (Å²) >= 11 is 5.99. The fourth-order valence-corrected chi connectivity index (χ4v) is 2.21. The number of carbonyl (C=O) groups excluding carboxylic acids is 1. The molecule has 0 aliphatic carbocycles. The molecule has 0 aliphatic rings. The Morgan fingerprint density at radius 2 is 1.84 bits per heavy atom. The van der Waals surface area contributed by atoms with Gasteiger partial charge >= 0.3 is 0 Å². The maximum atomic E-state index is 11.9. The Kier molecular flexibility index (Phi) is 4.47. The number of nitrogens with one attached hydrogen (secondary N) is 2. The average Bonchev–Trinajstić information content (AvgIpc) is 2.11. The van der Waals surface area contributed by atoms with Crippen LogP contribution in [0.5, 0.6) is 0 Å². The molecule has 5 nitrogen and oxygen atoms in total. The molecular weight excluding hydrogens is 288 g/mol. The third-order valence-corrected chi connectivity index (χ3v) is 2.92. The molecule has 19 heavy (non-hydrogen) atoms. The predicted octanol–water partition coefficient (Wildman–Crippen LogP) is 2.24. The molecule has 0 spiro atoms. The van der Waals surface area contributed by atoms with Gasteiger partial charge in [0.15, 0.2) is 0 Å². The first kappa shape index (κ1) is 15.8. The highest BCUT2D eigenvalue weighted by molar-refractivity contribution is 7.92. The van der Waals surface area contributed by atoms with Crippen LogP contribution in [0.1, 0.15) is 31.1 Å². The number of sulfonamides is 1. The summed E-state index contributed by atoms with van der Waals surface area (Å²) in [5.41, 5.74) is 0.250. The average molecular weight is 305 g/mol. The van der Waals surface area contributed by atoms with Crippen molar-refractivity contribution in [2.75, 3.05) is 11.0 Å². The molecule has 1 aromatic carbocycles. The van der Waals surface area contributed by atoms with Crippen LogP contribution in [0.2, 0.25) is 5.02 Å². The van der Waals surface area contributed by atoms with Gasteiger partial charge in [0.1, 0.15) is 0 Å². The molecule has 0 aliphatic heterocycles. The molecule has 0 heterocycles. The van der Waals surface area contributed by atoms with E-state index in [9.17, 15) is 13.2 Å². The van der Waals surface area contributed by atoms with E-state index in [-0.39, 0.29) is 16.5 Å². The minimum atomic E-state index is -3.37. The van der Waals surface area contributed by atoms with Crippen molar-refractivity contribution < 1.29 is 13.2 Å². The molecule has 7 heteroatoms. The van der Waals surface area contributed by atoms with Crippen LogP contribution in [-0.4, -0.2) is 26.1 Å². The zero-order valence-electron chi connectivity index (χ0n) is 11.2. The minimum Gasteiger partial charge on any atom is -0.347 e. The van der Waals surface area contributed by atoms with Crippen molar-refractivity contribution in [1.29, 1.82) is 0 Å². The van der Waals surface area contributed by atoms with E-state index in [4.69, 9.17) is 11.6 Å². The number of halogens is 1. The van der Waals surface area contributed by atoms with Crippen LogP contribution in [-0.2, 0) is 10.0 Å². The lowest BCUT2D eigenvalue weighted by molar-refractivity contribution is 0.0919. The van der Waals surface area contributed by atoms with E-state index in [1.54, 1.807) is 0 Å². The maximum absolute atomic E-state index is 11.9. The summed E-state index contributed by atoms with van der Waals surface area (Å²) in [5.74, 6) is -0.302. The van der Waals surface area contributed by atoms with Crippen molar-refractivity contribution in [3.05, 3.63) is 28.8 Å². The third-order valence-electron chi connectivity index (χ3n) is 2.01. The van der Waals surface area contributed by atoms with Crippen LogP contribution in [0.3, 0.4) is 0 Å². The summed E-state index contributed by atoms with van der Waals surface area (Å²) in [6, 6.07) is 4.38. The number of benzene rings is 1. The van der Waals surface area contributed by atoms with E-state index in [1.165, 1.54) is 18.2 Å². The van der Waals surface area contributed by atoms with Gasteiger partial charge in [-0.3, -0.25) is 9.52 Å². The second kappa shape index (κ2) is 5.38. The number of amides is 1. The van der Waals surface area contributed by atoms with Crippen LogP contribution >= 0.6 is 11.6 Å². The van der Waals surface area contributed by atoms with E-state index in [0.29, 0.717) is 11.3 Å². The number of anilines is 1. The molecule has 2 N–H and O–H groups in total. The quantitative estimate of drug-likeness (QED) is 0.899. The van der Waals surface area contributed by atoms with E-state index in [1.807, 2.05) is 20.8 Å². The molecular formula is C12H17ClN2O3S. The van der Waals surface area contributed by atoms with Crippen molar-refractivity contribution in [2.24, 2.45) is 0 Å². The molecule has 1 amide bonds. The second-order valence-corrected chi connectivity index (χ2v) is 7.43. The topological polar surface area (TPSA) is 75.3 Å². The second-order valence-electron chi connectivity index (χ2n) is 5.27. The Morgan fingerprint density at radius 3 is 2.26 bits per heavy atom. The number of carbonyl (C=O) groups is 1. The van der Waals surface area contributed by atoms with Gasteiger partial charge in [-0.2, -0.15) is 0 Å². The molecule has 0 atom stereocenters. The lowest BCUT2D eigenvalue weighted by atomic mass is 10.1. The lowest BCUT2D eigenvalue weighted by Crippen LogP contribution is -2.40. The van der Waals surface area contributed by atoms with Crippen molar-refractivity contribution in [2.45, 2.75) is 26.3 Å². The van der Waals surface area contributed by atoms with Gasteiger partial charge in [-0.05, 0) is 39.0 Å². The van der Waals surface area contributed by atoms with Gasteiger partial charge in [-0.25, -0.2) is 8.42 Å². The molecule has 0 radical (unpaired) electrons. The molecule has 0 aromatic heterocycles. The monoisotopic (exact) mass is 304 g/mol. The number of hydrogen-bond donors (Lipinski definition) is 2. The molecule has 0 saturated heterocycles. The predicted molar refractivity (Wildman–Crippen MR) is 77.1 cm³/mol.